The number of amides is 1. The lowest BCUT2D eigenvalue weighted by Gasteiger charge is -2.26. The molecule has 0 radical (unpaired) electrons. The van der Waals surface area contributed by atoms with Crippen LogP contribution < -0.4 is 5.32 Å². The third-order valence-corrected chi connectivity index (χ3v) is 5.64. The summed E-state index contributed by atoms with van der Waals surface area (Å²) in [7, 11) is 0. The number of nitrogens with zero attached hydrogens (tertiary/aromatic N) is 3. The van der Waals surface area contributed by atoms with Crippen LogP contribution in [0.15, 0.2) is 24.5 Å². The van der Waals surface area contributed by atoms with Gasteiger partial charge in [-0.1, -0.05) is 6.07 Å². The van der Waals surface area contributed by atoms with Gasteiger partial charge >= 0.3 is 0 Å². The van der Waals surface area contributed by atoms with Crippen LogP contribution in [0.1, 0.15) is 45.1 Å². The van der Waals surface area contributed by atoms with Gasteiger partial charge in [0.2, 0.25) is 5.91 Å². The van der Waals surface area contributed by atoms with Crippen LogP contribution >= 0.6 is 0 Å². The fourth-order valence-electron chi connectivity index (χ4n) is 3.99. The number of carbonyl (C=O) groups is 1. The zero-order valence-corrected chi connectivity index (χ0v) is 14.9. The van der Waals surface area contributed by atoms with Crippen LogP contribution in [0.3, 0.4) is 0 Å². The Kier molecular flexibility index (Phi) is 4.04. The number of hydrogen-bond acceptors (Lipinski definition) is 4. The predicted molar refractivity (Wildman–Crippen MR) is 95.0 cm³/mol. The number of rotatable bonds is 4. The van der Waals surface area contributed by atoms with E-state index in [0.29, 0.717) is 22.1 Å². The number of likely N-dealkylation sites (tertiary alicyclic amines) is 1. The molecule has 26 heavy (non-hydrogen) atoms. The first-order valence-corrected chi connectivity index (χ1v) is 8.98. The first kappa shape index (κ1) is 17.1. The van der Waals surface area contributed by atoms with Crippen molar-refractivity contribution in [2.45, 2.75) is 51.6 Å². The number of benzene rings is 1. The molecule has 1 aliphatic carbocycles. The van der Waals surface area contributed by atoms with Crippen LogP contribution in [0.25, 0.3) is 10.9 Å². The van der Waals surface area contributed by atoms with Gasteiger partial charge in [-0.25, -0.2) is 18.7 Å². The topological polar surface area (TPSA) is 58.1 Å². The Morgan fingerprint density at radius 1 is 1.35 bits per heavy atom. The molecular formula is C19H22F2N4O. The quantitative estimate of drug-likeness (QED) is 0.902. The molecule has 7 heteroatoms. The lowest BCUT2D eigenvalue weighted by Crippen LogP contribution is -2.43. The summed E-state index contributed by atoms with van der Waals surface area (Å²) < 4.78 is 25.8. The number of halogens is 2. The standard InChI is InChI=1S/C19H22F2N4O/c1-11-8-19(5-6-19)9-25(11)18(26)12(2)24-17-14-4-3-13(16(20)21)7-15(14)22-10-23-17/h3-4,7,10-12,16H,5-6,8-9H2,1-2H3,(H,22,23,24)/t11-,12+/m0/s1. The van der Waals surface area contributed by atoms with Crippen LogP contribution in [0.2, 0.25) is 0 Å². The fraction of sp³-hybridized carbons (Fsp3) is 0.526. The monoisotopic (exact) mass is 360 g/mol. The molecule has 2 aromatic rings. The van der Waals surface area contributed by atoms with Crippen LogP contribution in [-0.4, -0.2) is 39.4 Å². The van der Waals surface area contributed by atoms with Gasteiger partial charge in [0.25, 0.3) is 6.43 Å². The fourth-order valence-corrected chi connectivity index (χ4v) is 3.99. The Morgan fingerprint density at radius 3 is 2.77 bits per heavy atom. The van der Waals surface area contributed by atoms with Gasteiger partial charge in [-0.3, -0.25) is 4.79 Å². The average Bonchev–Trinajstić information content (AvgIpc) is 3.28. The van der Waals surface area contributed by atoms with Crippen molar-refractivity contribution in [2.24, 2.45) is 5.41 Å². The number of carbonyl (C=O) groups excluding carboxylic acids is 1. The summed E-state index contributed by atoms with van der Waals surface area (Å²) in [5, 5.41) is 3.78. The smallest absolute Gasteiger partial charge is 0.263 e. The van der Waals surface area contributed by atoms with Crippen molar-refractivity contribution in [2.75, 3.05) is 11.9 Å². The van der Waals surface area contributed by atoms with Gasteiger partial charge < -0.3 is 10.2 Å². The Balaban J connectivity index is 1.54. The average molecular weight is 360 g/mol. The summed E-state index contributed by atoms with van der Waals surface area (Å²) in [4.78, 5) is 23.1. The summed E-state index contributed by atoms with van der Waals surface area (Å²) in [6.07, 6.45) is 2.29. The highest BCUT2D eigenvalue weighted by Gasteiger charge is 2.52. The molecule has 1 aromatic heterocycles. The maximum absolute atomic E-state index is 12.9. The molecule has 2 aliphatic rings. The molecule has 1 aromatic carbocycles. The maximum Gasteiger partial charge on any atom is 0.263 e. The Hall–Kier alpha value is -2.31. The molecule has 2 atom stereocenters. The molecule has 1 saturated carbocycles. The van der Waals surface area contributed by atoms with Crippen LogP contribution in [0.4, 0.5) is 14.6 Å². The van der Waals surface area contributed by atoms with E-state index in [1.807, 2.05) is 11.8 Å². The van der Waals surface area contributed by atoms with E-state index in [1.54, 1.807) is 6.07 Å². The maximum atomic E-state index is 12.9. The highest BCUT2D eigenvalue weighted by Crippen LogP contribution is 2.54. The van der Waals surface area contributed by atoms with E-state index in [-0.39, 0.29) is 17.5 Å². The number of aromatic nitrogens is 2. The summed E-state index contributed by atoms with van der Waals surface area (Å²) in [6, 6.07) is 4.12. The van der Waals surface area contributed by atoms with Crippen molar-refractivity contribution in [3.05, 3.63) is 30.1 Å². The molecule has 1 spiro atoms. The molecule has 0 bridgehead atoms. The molecule has 2 heterocycles. The third-order valence-electron chi connectivity index (χ3n) is 5.64. The van der Waals surface area contributed by atoms with Crippen molar-refractivity contribution in [1.29, 1.82) is 0 Å². The van der Waals surface area contributed by atoms with Gasteiger partial charge in [-0.05, 0) is 50.7 Å². The number of fused-ring (bicyclic) bond motifs is 1. The van der Waals surface area contributed by atoms with E-state index in [0.717, 1.165) is 13.0 Å². The second kappa shape index (κ2) is 6.14. The number of hydrogen-bond donors (Lipinski definition) is 1. The minimum Gasteiger partial charge on any atom is -0.358 e. The largest absolute Gasteiger partial charge is 0.358 e. The lowest BCUT2D eigenvalue weighted by molar-refractivity contribution is -0.132. The molecule has 0 unspecified atom stereocenters. The van der Waals surface area contributed by atoms with E-state index >= 15 is 0 Å². The van der Waals surface area contributed by atoms with Crippen molar-refractivity contribution >= 4 is 22.6 Å². The number of alkyl halides is 2. The normalized spacial score (nSPS) is 22.2. The Bertz CT molecular complexity index is 853. The van der Waals surface area contributed by atoms with Crippen LogP contribution in [-0.2, 0) is 4.79 Å². The van der Waals surface area contributed by atoms with Crippen molar-refractivity contribution in [3.8, 4) is 0 Å². The van der Waals surface area contributed by atoms with E-state index in [2.05, 4.69) is 22.2 Å². The predicted octanol–water partition coefficient (Wildman–Crippen LogP) is 3.77. The third kappa shape index (κ3) is 2.99. The van der Waals surface area contributed by atoms with Crippen molar-refractivity contribution in [3.63, 3.8) is 0 Å². The van der Waals surface area contributed by atoms with Crippen LogP contribution in [0.5, 0.6) is 0 Å². The molecule has 1 aliphatic heterocycles. The molecule has 1 amide bonds. The summed E-state index contributed by atoms with van der Waals surface area (Å²) in [5.74, 6) is 0.543. The lowest BCUT2D eigenvalue weighted by atomic mass is 10.0. The van der Waals surface area contributed by atoms with E-state index < -0.39 is 12.5 Å². The van der Waals surface area contributed by atoms with Gasteiger partial charge in [0.15, 0.2) is 0 Å². The molecule has 2 fully saturated rings. The first-order chi connectivity index (χ1) is 12.4. The number of anilines is 1. The molecule has 1 N–H and O–H groups in total. The van der Waals surface area contributed by atoms with Crippen LogP contribution in [0, 0.1) is 5.41 Å². The highest BCUT2D eigenvalue weighted by molar-refractivity contribution is 5.92. The zero-order chi connectivity index (χ0) is 18.5. The Morgan fingerprint density at radius 2 is 2.12 bits per heavy atom. The Labute approximate surface area is 150 Å². The second-order valence-electron chi connectivity index (χ2n) is 7.68. The minimum absolute atomic E-state index is 0.0530. The van der Waals surface area contributed by atoms with E-state index in [9.17, 15) is 13.6 Å². The SMILES string of the molecule is C[C@@H](Nc1ncnc2cc(C(F)F)ccc12)C(=O)N1CC2(CC2)C[C@@H]1C. The van der Waals surface area contributed by atoms with Crippen molar-refractivity contribution in [1.82, 2.24) is 14.9 Å². The van der Waals surface area contributed by atoms with E-state index in [4.69, 9.17) is 0 Å². The van der Waals surface area contributed by atoms with Gasteiger partial charge in [-0.2, -0.15) is 0 Å². The zero-order valence-electron chi connectivity index (χ0n) is 14.9. The number of nitrogens with one attached hydrogen (secondary N) is 1. The molecule has 4 rings (SSSR count). The summed E-state index contributed by atoms with van der Waals surface area (Å²) >= 11 is 0. The summed E-state index contributed by atoms with van der Waals surface area (Å²) in [6.45, 7) is 4.75. The molecule has 5 nitrogen and oxygen atoms in total. The van der Waals surface area contributed by atoms with Gasteiger partial charge in [-0.15, -0.1) is 0 Å². The van der Waals surface area contributed by atoms with Gasteiger partial charge in [0.05, 0.1) is 5.52 Å². The molecular weight excluding hydrogens is 338 g/mol. The molecule has 138 valence electrons. The first-order valence-electron chi connectivity index (χ1n) is 8.98. The summed E-state index contributed by atoms with van der Waals surface area (Å²) in [5.41, 5.74) is 0.723. The molecule has 1 saturated heterocycles. The van der Waals surface area contributed by atoms with Gasteiger partial charge in [0.1, 0.15) is 18.2 Å². The van der Waals surface area contributed by atoms with E-state index in [1.165, 1.54) is 31.3 Å². The highest BCUT2D eigenvalue weighted by atomic mass is 19.3. The minimum atomic E-state index is -2.54. The van der Waals surface area contributed by atoms with Gasteiger partial charge in [0, 0.05) is 23.5 Å². The van der Waals surface area contributed by atoms with Crippen molar-refractivity contribution < 1.29 is 13.6 Å². The second-order valence-corrected chi connectivity index (χ2v) is 7.68.